The van der Waals surface area contributed by atoms with Crippen LogP contribution in [0.25, 0.3) is 0 Å². The van der Waals surface area contributed by atoms with Crippen LogP contribution in [0.4, 0.5) is 14.5 Å². The number of nitro groups is 1. The summed E-state index contributed by atoms with van der Waals surface area (Å²) in [5, 5.41) is 22.5. The number of nitro benzene ring substituents is 1. The number of aliphatic carboxylic acids is 1. The van der Waals surface area contributed by atoms with Gasteiger partial charge in [-0.15, -0.1) is 0 Å². The van der Waals surface area contributed by atoms with Crippen LogP contribution in [-0.4, -0.2) is 27.9 Å². The number of carbonyl (C=O) groups is 2. The van der Waals surface area contributed by atoms with Crippen LogP contribution < -0.4 is 5.32 Å². The Bertz CT molecular complexity index is 674. The van der Waals surface area contributed by atoms with E-state index >= 15 is 0 Å². The third-order valence-corrected chi connectivity index (χ3v) is 4.15. The zero-order valence-electron chi connectivity index (χ0n) is 12.6. The van der Waals surface area contributed by atoms with Crippen molar-refractivity contribution < 1.29 is 28.4 Å². The third kappa shape index (κ3) is 3.84. The maximum atomic E-state index is 13.3. The fourth-order valence-corrected chi connectivity index (χ4v) is 2.94. The van der Waals surface area contributed by atoms with Gasteiger partial charge in [-0.1, -0.05) is 19.3 Å². The summed E-state index contributed by atoms with van der Waals surface area (Å²) in [6.07, 6.45) is 3.85. The Balaban J connectivity index is 2.28. The summed E-state index contributed by atoms with van der Waals surface area (Å²) in [5.41, 5.74) is -1.62. The Labute approximate surface area is 135 Å². The molecule has 0 aliphatic heterocycles. The van der Waals surface area contributed by atoms with Crippen molar-refractivity contribution in [1.29, 1.82) is 0 Å². The van der Waals surface area contributed by atoms with Gasteiger partial charge in [0.15, 0.2) is 11.6 Å². The van der Waals surface area contributed by atoms with Gasteiger partial charge in [0, 0.05) is 0 Å². The van der Waals surface area contributed by atoms with Crippen molar-refractivity contribution in [3.05, 3.63) is 39.4 Å². The minimum atomic E-state index is -1.46. The van der Waals surface area contributed by atoms with Crippen LogP contribution in [0.3, 0.4) is 0 Å². The zero-order valence-corrected chi connectivity index (χ0v) is 12.6. The monoisotopic (exact) mass is 342 g/mol. The summed E-state index contributed by atoms with van der Waals surface area (Å²) in [6, 6.07) is -0.519. The lowest BCUT2D eigenvalue weighted by molar-refractivity contribution is -0.385. The summed E-state index contributed by atoms with van der Waals surface area (Å²) >= 11 is 0. The number of nitrogens with zero attached hydrogens (tertiary/aromatic N) is 1. The number of hydrogen-bond acceptors (Lipinski definition) is 4. The van der Waals surface area contributed by atoms with Gasteiger partial charge in [0.2, 0.25) is 0 Å². The van der Waals surface area contributed by atoms with Crippen LogP contribution in [0.2, 0.25) is 0 Å². The molecule has 1 aromatic carbocycles. The van der Waals surface area contributed by atoms with Crippen LogP contribution in [0.15, 0.2) is 12.1 Å². The summed E-state index contributed by atoms with van der Waals surface area (Å²) in [7, 11) is 0. The Morgan fingerprint density at radius 3 is 2.33 bits per heavy atom. The highest BCUT2D eigenvalue weighted by Crippen LogP contribution is 2.28. The molecule has 24 heavy (non-hydrogen) atoms. The topological polar surface area (TPSA) is 110 Å². The maximum Gasteiger partial charge on any atom is 0.326 e. The van der Waals surface area contributed by atoms with Crippen LogP contribution >= 0.6 is 0 Å². The van der Waals surface area contributed by atoms with E-state index in [0.717, 1.165) is 19.3 Å². The molecule has 1 amide bonds. The number of carbonyl (C=O) groups excluding carboxylic acids is 1. The van der Waals surface area contributed by atoms with Crippen LogP contribution in [0, 0.1) is 27.7 Å². The molecule has 2 N–H and O–H groups in total. The number of hydrogen-bond donors (Lipinski definition) is 2. The van der Waals surface area contributed by atoms with Gasteiger partial charge in [-0.05, 0) is 24.8 Å². The van der Waals surface area contributed by atoms with Crippen molar-refractivity contribution in [2.75, 3.05) is 0 Å². The van der Waals surface area contributed by atoms with Gasteiger partial charge in [0.05, 0.1) is 11.0 Å². The average molecular weight is 342 g/mol. The summed E-state index contributed by atoms with van der Waals surface area (Å²) < 4.78 is 26.5. The largest absolute Gasteiger partial charge is 0.480 e. The molecule has 1 aliphatic rings. The number of amides is 1. The van der Waals surface area contributed by atoms with Crippen LogP contribution in [0.5, 0.6) is 0 Å². The highest BCUT2D eigenvalue weighted by molar-refractivity contribution is 6.00. The molecule has 1 aliphatic carbocycles. The zero-order chi connectivity index (χ0) is 17.9. The van der Waals surface area contributed by atoms with Crippen molar-refractivity contribution in [2.24, 2.45) is 5.92 Å². The molecular formula is C15H16F2N2O5. The molecule has 0 bridgehead atoms. The van der Waals surface area contributed by atoms with Crippen LogP contribution in [-0.2, 0) is 4.79 Å². The normalized spacial score (nSPS) is 16.4. The quantitative estimate of drug-likeness (QED) is 0.631. The summed E-state index contributed by atoms with van der Waals surface area (Å²) in [5.74, 6) is -5.56. The van der Waals surface area contributed by atoms with Gasteiger partial charge in [0.25, 0.3) is 11.6 Å². The smallest absolute Gasteiger partial charge is 0.326 e. The van der Waals surface area contributed by atoms with Crippen molar-refractivity contribution in [3.8, 4) is 0 Å². The number of benzene rings is 1. The molecule has 2 rings (SSSR count). The number of halogens is 2. The van der Waals surface area contributed by atoms with E-state index in [1.54, 1.807) is 0 Å². The lowest BCUT2D eigenvalue weighted by atomic mass is 9.84. The molecular weight excluding hydrogens is 326 g/mol. The van der Waals surface area contributed by atoms with E-state index in [0.29, 0.717) is 25.0 Å². The van der Waals surface area contributed by atoms with Gasteiger partial charge in [-0.25, -0.2) is 13.6 Å². The molecule has 0 aromatic heterocycles. The standard InChI is InChI=1S/C15H16F2N2O5/c16-10-6-9(12(19(23)24)7-11(10)17)14(20)18-13(15(21)22)8-4-2-1-3-5-8/h6-8,13H,1-5H2,(H,18,20)(H,21,22)/t13-/m0/s1. The van der Waals surface area contributed by atoms with Gasteiger partial charge < -0.3 is 10.4 Å². The number of carboxylic acids is 1. The molecule has 130 valence electrons. The molecule has 0 spiro atoms. The Kier molecular flexibility index (Phi) is 5.42. The fraction of sp³-hybridized carbons (Fsp3) is 0.467. The van der Waals surface area contributed by atoms with E-state index in [2.05, 4.69) is 5.32 Å². The van der Waals surface area contributed by atoms with E-state index in [4.69, 9.17) is 0 Å². The first-order chi connectivity index (χ1) is 11.3. The number of rotatable bonds is 5. The SMILES string of the molecule is O=C(N[C@H](C(=O)O)C1CCCCC1)c1cc(F)c(F)cc1[N+](=O)[O-]. The molecule has 1 saturated carbocycles. The fourth-order valence-electron chi connectivity index (χ4n) is 2.94. The summed E-state index contributed by atoms with van der Waals surface area (Å²) in [4.78, 5) is 33.6. The second-order valence-electron chi connectivity index (χ2n) is 5.73. The Hall–Kier alpha value is -2.58. The third-order valence-electron chi connectivity index (χ3n) is 4.15. The lowest BCUT2D eigenvalue weighted by Crippen LogP contribution is -2.46. The minimum absolute atomic E-state index is 0.301. The summed E-state index contributed by atoms with van der Waals surface area (Å²) in [6.45, 7) is 0. The predicted octanol–water partition coefficient (Wildman–Crippen LogP) is 2.64. The second kappa shape index (κ2) is 7.33. The molecule has 7 nitrogen and oxygen atoms in total. The molecule has 0 heterocycles. The van der Waals surface area contributed by atoms with Crippen molar-refractivity contribution in [2.45, 2.75) is 38.1 Å². The molecule has 1 aromatic rings. The highest BCUT2D eigenvalue weighted by atomic mass is 19.2. The van der Waals surface area contributed by atoms with E-state index in [1.807, 2.05) is 0 Å². The van der Waals surface area contributed by atoms with Crippen molar-refractivity contribution in [3.63, 3.8) is 0 Å². The van der Waals surface area contributed by atoms with E-state index in [9.17, 15) is 33.6 Å². The van der Waals surface area contributed by atoms with Gasteiger partial charge in [0.1, 0.15) is 11.6 Å². The van der Waals surface area contributed by atoms with Gasteiger partial charge >= 0.3 is 5.97 Å². The Morgan fingerprint density at radius 2 is 1.79 bits per heavy atom. The predicted molar refractivity (Wildman–Crippen MR) is 78.5 cm³/mol. The van der Waals surface area contributed by atoms with Crippen molar-refractivity contribution in [1.82, 2.24) is 5.32 Å². The first kappa shape index (κ1) is 17.8. The highest BCUT2D eigenvalue weighted by Gasteiger charge is 2.33. The van der Waals surface area contributed by atoms with Crippen molar-refractivity contribution >= 4 is 17.6 Å². The molecule has 1 atom stereocenters. The molecule has 1 fully saturated rings. The van der Waals surface area contributed by atoms with E-state index < -0.39 is 45.7 Å². The molecule has 0 unspecified atom stereocenters. The van der Waals surface area contributed by atoms with E-state index in [-0.39, 0.29) is 5.92 Å². The molecule has 0 radical (unpaired) electrons. The molecule has 9 heteroatoms. The first-order valence-corrected chi connectivity index (χ1v) is 7.48. The maximum absolute atomic E-state index is 13.3. The number of nitrogens with one attached hydrogen (secondary N) is 1. The lowest BCUT2D eigenvalue weighted by Gasteiger charge is -2.28. The average Bonchev–Trinajstić information content (AvgIpc) is 2.54. The first-order valence-electron chi connectivity index (χ1n) is 7.48. The second-order valence-corrected chi connectivity index (χ2v) is 5.73. The van der Waals surface area contributed by atoms with Crippen LogP contribution in [0.1, 0.15) is 42.5 Å². The Morgan fingerprint density at radius 1 is 1.21 bits per heavy atom. The van der Waals surface area contributed by atoms with Gasteiger partial charge in [-0.3, -0.25) is 14.9 Å². The molecule has 0 saturated heterocycles. The number of carboxylic acid groups (broad SMARTS) is 1. The van der Waals surface area contributed by atoms with Gasteiger partial charge in [-0.2, -0.15) is 0 Å². The van der Waals surface area contributed by atoms with E-state index in [1.165, 1.54) is 0 Å². The minimum Gasteiger partial charge on any atom is -0.480 e.